The van der Waals surface area contributed by atoms with E-state index in [1.165, 1.54) is 0 Å². The van der Waals surface area contributed by atoms with Crippen LogP contribution in [0, 0.1) is 11.8 Å². The van der Waals surface area contributed by atoms with Gasteiger partial charge in [0.2, 0.25) is 11.8 Å². The zero-order chi connectivity index (χ0) is 25.9. The Kier molecular flexibility index (Phi) is 5.78. The number of piperazine rings is 1. The van der Waals surface area contributed by atoms with Gasteiger partial charge in [0.15, 0.2) is 0 Å². The number of nitrogens with one attached hydrogen (secondary N) is 1. The average molecular weight is 566 g/mol. The van der Waals surface area contributed by atoms with Gasteiger partial charge in [-0.15, -0.1) is 0 Å². The first-order chi connectivity index (χ1) is 17.8. The molecule has 3 aliphatic heterocycles. The Labute approximate surface area is 223 Å². The molecule has 2 saturated heterocycles. The van der Waals surface area contributed by atoms with Crippen LogP contribution in [0.3, 0.4) is 0 Å². The van der Waals surface area contributed by atoms with Crippen LogP contribution < -0.4 is 4.74 Å². The van der Waals surface area contributed by atoms with Crippen molar-refractivity contribution in [2.45, 2.75) is 31.8 Å². The number of para-hydroxylation sites is 1. The summed E-state index contributed by atoms with van der Waals surface area (Å²) in [6.45, 7) is 4.24. The largest absolute Gasteiger partial charge is 0.493 e. The number of ether oxygens (including phenoxy) is 2. The van der Waals surface area contributed by atoms with Crippen LogP contribution in [0.2, 0.25) is 0 Å². The molecule has 0 bridgehead atoms. The number of aromatic nitrogens is 1. The van der Waals surface area contributed by atoms with E-state index in [4.69, 9.17) is 9.47 Å². The van der Waals surface area contributed by atoms with Crippen LogP contribution in [-0.4, -0.2) is 64.4 Å². The Morgan fingerprint density at radius 2 is 2.05 bits per heavy atom. The van der Waals surface area contributed by atoms with Crippen molar-refractivity contribution in [1.29, 1.82) is 0 Å². The maximum Gasteiger partial charge on any atom is 0.312 e. The Morgan fingerprint density at radius 3 is 2.86 bits per heavy atom. The third kappa shape index (κ3) is 3.58. The van der Waals surface area contributed by atoms with Crippen LogP contribution in [0.5, 0.6) is 5.75 Å². The second-order valence-corrected chi connectivity index (χ2v) is 11.0. The number of nitrogens with zero attached hydrogens (tertiary/aromatic N) is 2. The first-order valence-electron chi connectivity index (χ1n) is 12.6. The normalized spacial score (nSPS) is 26.5. The number of hydrogen-bond donors (Lipinski definition) is 1. The van der Waals surface area contributed by atoms with E-state index < -0.39 is 29.4 Å². The number of benzene rings is 2. The number of H-pyrrole nitrogens is 1. The van der Waals surface area contributed by atoms with Crippen molar-refractivity contribution in [2.75, 3.05) is 26.3 Å². The summed E-state index contributed by atoms with van der Waals surface area (Å²) in [6.07, 6.45) is 2.54. The quantitative estimate of drug-likeness (QED) is 0.474. The molecule has 8 nitrogen and oxygen atoms in total. The summed E-state index contributed by atoms with van der Waals surface area (Å²) in [5.41, 5.74) is 1.54. The van der Waals surface area contributed by atoms with E-state index in [1.54, 1.807) is 23.6 Å². The molecule has 3 aliphatic rings. The lowest BCUT2D eigenvalue weighted by atomic mass is 9.77. The van der Waals surface area contributed by atoms with Crippen molar-refractivity contribution in [3.05, 3.63) is 64.3 Å². The maximum absolute atomic E-state index is 14.2. The molecule has 0 spiro atoms. The molecule has 2 fully saturated rings. The monoisotopic (exact) mass is 565 g/mol. The molecule has 2 aromatic carbocycles. The summed E-state index contributed by atoms with van der Waals surface area (Å²) in [5, 5.41) is 1.10. The number of aromatic amines is 1. The minimum absolute atomic E-state index is 0.0280. The predicted molar refractivity (Wildman–Crippen MR) is 140 cm³/mol. The smallest absolute Gasteiger partial charge is 0.312 e. The van der Waals surface area contributed by atoms with E-state index >= 15 is 0 Å². The van der Waals surface area contributed by atoms with Gasteiger partial charge in [-0.25, -0.2) is 0 Å². The van der Waals surface area contributed by atoms with Crippen molar-refractivity contribution >= 4 is 44.6 Å². The zero-order valence-corrected chi connectivity index (χ0v) is 22.3. The molecule has 0 aliphatic carbocycles. The number of esters is 1. The lowest BCUT2D eigenvalue weighted by molar-refractivity contribution is -0.170. The van der Waals surface area contributed by atoms with Gasteiger partial charge >= 0.3 is 5.97 Å². The summed E-state index contributed by atoms with van der Waals surface area (Å²) in [7, 11) is 0. The summed E-state index contributed by atoms with van der Waals surface area (Å²) >= 11 is 3.52. The Hall–Kier alpha value is -3.33. The Balaban J connectivity index is 1.37. The van der Waals surface area contributed by atoms with Gasteiger partial charge in [0.05, 0.1) is 31.7 Å². The third-order valence-electron chi connectivity index (χ3n) is 8.12. The molecule has 1 aromatic heterocycles. The molecule has 4 atom stereocenters. The van der Waals surface area contributed by atoms with Crippen LogP contribution in [0.25, 0.3) is 10.9 Å². The van der Waals surface area contributed by atoms with Gasteiger partial charge in [-0.05, 0) is 50.1 Å². The molecule has 37 heavy (non-hydrogen) atoms. The molecule has 4 heterocycles. The zero-order valence-electron chi connectivity index (χ0n) is 20.7. The van der Waals surface area contributed by atoms with Gasteiger partial charge in [-0.1, -0.05) is 34.1 Å². The van der Waals surface area contributed by atoms with Gasteiger partial charge in [-0.3, -0.25) is 14.4 Å². The topological polar surface area (TPSA) is 91.9 Å². The molecule has 0 saturated carbocycles. The minimum atomic E-state index is -1.37. The maximum atomic E-state index is 14.2. The molecule has 6 rings (SSSR count). The first kappa shape index (κ1) is 24.0. The van der Waals surface area contributed by atoms with Gasteiger partial charge in [0.1, 0.15) is 11.3 Å². The van der Waals surface area contributed by atoms with E-state index in [0.29, 0.717) is 18.7 Å². The van der Waals surface area contributed by atoms with Crippen molar-refractivity contribution in [2.24, 2.45) is 11.8 Å². The third-order valence-corrected chi connectivity index (χ3v) is 8.61. The Bertz CT molecular complexity index is 1420. The van der Waals surface area contributed by atoms with E-state index in [2.05, 4.69) is 20.9 Å². The molecule has 3 aromatic rings. The number of amides is 2. The van der Waals surface area contributed by atoms with Gasteiger partial charge in [-0.2, -0.15) is 0 Å². The fourth-order valence-electron chi connectivity index (χ4n) is 6.55. The van der Waals surface area contributed by atoms with Crippen molar-refractivity contribution in [1.82, 2.24) is 14.8 Å². The summed E-state index contributed by atoms with van der Waals surface area (Å²) in [5.74, 6) is -1.43. The lowest BCUT2D eigenvalue weighted by Gasteiger charge is -2.47. The molecule has 9 heteroatoms. The van der Waals surface area contributed by atoms with Crippen LogP contribution in [0.4, 0.5) is 0 Å². The second kappa shape index (κ2) is 8.90. The number of carbonyl (C=O) groups excluding carboxylic acids is 3. The number of halogens is 1. The molecule has 0 unspecified atom stereocenters. The number of rotatable bonds is 5. The highest BCUT2D eigenvalue weighted by molar-refractivity contribution is 9.10. The highest BCUT2D eigenvalue weighted by atomic mass is 79.9. The van der Waals surface area contributed by atoms with Crippen molar-refractivity contribution in [3.63, 3.8) is 0 Å². The van der Waals surface area contributed by atoms with E-state index in [-0.39, 0.29) is 31.6 Å². The van der Waals surface area contributed by atoms with E-state index in [9.17, 15) is 14.4 Å². The number of hydrogen-bond acceptors (Lipinski definition) is 5. The number of carbonyl (C=O) groups is 3. The molecule has 0 radical (unpaired) electrons. The van der Waals surface area contributed by atoms with Crippen LogP contribution >= 0.6 is 15.9 Å². The Morgan fingerprint density at radius 1 is 1.24 bits per heavy atom. The average Bonchev–Trinajstić information content (AvgIpc) is 3.42. The fourth-order valence-corrected chi connectivity index (χ4v) is 6.93. The standard InChI is InChI=1S/C28H28BrN3O5/c1-3-36-26(34)24-20-15-37-22-9-8-17(29)12-19(22)25(20)32-23(33)14-31(27(35)28(24,32)2)11-10-16-13-30-21-7-5-4-6-18(16)21/h4-9,12-13,20,24-25,30H,3,10-11,14-15H2,1-2H3/t20-,24-,25-,28-/m1/s1. The number of fused-ring (bicyclic) bond motifs is 6. The van der Waals surface area contributed by atoms with Gasteiger partial charge in [0, 0.05) is 39.6 Å². The highest BCUT2D eigenvalue weighted by Crippen LogP contribution is 2.56. The fraction of sp³-hybridized carbons (Fsp3) is 0.393. The molecule has 2 amide bonds. The molecule has 1 N–H and O–H groups in total. The molecular formula is C28H28BrN3O5. The second-order valence-electron chi connectivity index (χ2n) is 10.1. The highest BCUT2D eigenvalue weighted by Gasteiger charge is 2.69. The first-order valence-corrected chi connectivity index (χ1v) is 13.4. The lowest BCUT2D eigenvalue weighted by Crippen LogP contribution is -2.67. The summed E-state index contributed by atoms with van der Waals surface area (Å²) in [6, 6.07) is 13.2. The van der Waals surface area contributed by atoms with Gasteiger partial charge in [0.25, 0.3) is 0 Å². The SMILES string of the molecule is CCOC(=O)[C@H]1[C@H]2COc3ccc(Br)cc3[C@H]2N2C(=O)CN(CCc3c[nH]c4ccccc34)C(=O)[C@@]12C. The van der Waals surface area contributed by atoms with Crippen LogP contribution in [-0.2, 0) is 25.5 Å². The van der Waals surface area contributed by atoms with Crippen LogP contribution in [0.1, 0.15) is 31.0 Å². The predicted octanol–water partition coefficient (Wildman–Crippen LogP) is 3.85. The molecular weight excluding hydrogens is 538 g/mol. The minimum Gasteiger partial charge on any atom is -0.493 e. The summed E-state index contributed by atoms with van der Waals surface area (Å²) < 4.78 is 12.4. The van der Waals surface area contributed by atoms with Crippen molar-refractivity contribution < 1.29 is 23.9 Å². The summed E-state index contributed by atoms with van der Waals surface area (Å²) in [4.78, 5) is 47.9. The van der Waals surface area contributed by atoms with Gasteiger partial charge < -0.3 is 24.3 Å². The van der Waals surface area contributed by atoms with E-state index in [1.807, 2.05) is 48.7 Å². The van der Waals surface area contributed by atoms with Crippen LogP contribution in [0.15, 0.2) is 53.1 Å². The van der Waals surface area contributed by atoms with E-state index in [0.717, 1.165) is 26.5 Å². The molecule has 192 valence electrons. The van der Waals surface area contributed by atoms with Crippen molar-refractivity contribution in [3.8, 4) is 5.75 Å².